The summed E-state index contributed by atoms with van der Waals surface area (Å²) in [7, 11) is 3.88. The van der Waals surface area contributed by atoms with Crippen LogP contribution in [0.4, 0.5) is 20.4 Å². The molecule has 5 nitrogen and oxygen atoms in total. The van der Waals surface area contributed by atoms with Gasteiger partial charge in [-0.25, -0.2) is 19.6 Å². The van der Waals surface area contributed by atoms with Crippen LogP contribution in [0.2, 0.25) is 0 Å². The Kier molecular flexibility index (Phi) is 6.09. The van der Waals surface area contributed by atoms with E-state index in [1.54, 1.807) is 0 Å². The predicted molar refractivity (Wildman–Crippen MR) is 77.4 cm³/mol. The highest BCUT2D eigenvalue weighted by atomic mass is 19.1. The monoisotopic (exact) mass is 287 g/mol. The predicted octanol–water partition coefficient (Wildman–Crippen LogP) is 2.03. The van der Waals surface area contributed by atoms with Gasteiger partial charge in [0, 0.05) is 18.7 Å². The maximum Gasteiger partial charge on any atom is 0.178 e. The summed E-state index contributed by atoms with van der Waals surface area (Å²) < 4.78 is 27.1. The molecule has 1 aromatic rings. The minimum absolute atomic E-state index is 0.00634. The molecule has 20 heavy (non-hydrogen) atoms. The molecule has 1 atom stereocenters. The van der Waals surface area contributed by atoms with Crippen LogP contribution in [0.15, 0.2) is 6.07 Å². The highest BCUT2D eigenvalue weighted by Gasteiger charge is 2.17. The van der Waals surface area contributed by atoms with Gasteiger partial charge in [-0.15, -0.1) is 0 Å². The average Bonchev–Trinajstić information content (AvgIpc) is 2.30. The Bertz CT molecular complexity index is 427. The molecule has 0 aromatic carbocycles. The number of nitrogens with zero attached hydrogens (tertiary/aromatic N) is 2. The second-order valence-corrected chi connectivity index (χ2v) is 5.53. The Labute approximate surface area is 118 Å². The lowest BCUT2D eigenvalue weighted by molar-refractivity contribution is 0.355. The number of pyridine rings is 1. The van der Waals surface area contributed by atoms with E-state index in [0.29, 0.717) is 5.92 Å². The summed E-state index contributed by atoms with van der Waals surface area (Å²) in [4.78, 5) is 5.83. The van der Waals surface area contributed by atoms with Gasteiger partial charge in [0.2, 0.25) is 0 Å². The van der Waals surface area contributed by atoms with E-state index < -0.39 is 11.6 Å². The van der Waals surface area contributed by atoms with Crippen LogP contribution in [0.5, 0.6) is 0 Å². The van der Waals surface area contributed by atoms with Gasteiger partial charge in [0.1, 0.15) is 0 Å². The molecule has 0 saturated carbocycles. The lowest BCUT2D eigenvalue weighted by Gasteiger charge is -2.24. The number of hydrogen-bond donors (Lipinski definition) is 3. The summed E-state index contributed by atoms with van der Waals surface area (Å²) in [5.41, 5.74) is 2.11. The average molecular weight is 287 g/mol. The lowest BCUT2D eigenvalue weighted by atomic mass is 10.0. The number of aromatic nitrogens is 1. The summed E-state index contributed by atoms with van der Waals surface area (Å²) in [5.74, 6) is 3.88. The van der Waals surface area contributed by atoms with Gasteiger partial charge in [0.15, 0.2) is 23.3 Å². The summed E-state index contributed by atoms with van der Waals surface area (Å²) >= 11 is 0. The van der Waals surface area contributed by atoms with Crippen LogP contribution in [0.25, 0.3) is 0 Å². The van der Waals surface area contributed by atoms with Crippen molar-refractivity contribution in [3.63, 3.8) is 0 Å². The molecule has 0 aliphatic heterocycles. The van der Waals surface area contributed by atoms with E-state index in [9.17, 15) is 8.78 Å². The number of hydrogen-bond acceptors (Lipinski definition) is 5. The van der Waals surface area contributed by atoms with E-state index in [0.717, 1.165) is 19.0 Å². The zero-order valence-electron chi connectivity index (χ0n) is 12.4. The van der Waals surface area contributed by atoms with Crippen molar-refractivity contribution >= 4 is 11.6 Å². The van der Waals surface area contributed by atoms with Crippen LogP contribution in [0, 0.1) is 17.6 Å². The SMILES string of the molecule is CC(C)CC(CN(C)C)Nc1nc(NN)c(F)cc1F. The van der Waals surface area contributed by atoms with Crippen molar-refractivity contribution in [2.45, 2.75) is 26.3 Å². The Morgan fingerprint density at radius 1 is 1.25 bits per heavy atom. The van der Waals surface area contributed by atoms with E-state index in [2.05, 4.69) is 29.6 Å². The molecule has 0 aliphatic carbocycles. The molecule has 0 spiro atoms. The third kappa shape index (κ3) is 4.90. The number of nitrogens with two attached hydrogens (primary N) is 1. The zero-order valence-corrected chi connectivity index (χ0v) is 12.4. The fourth-order valence-corrected chi connectivity index (χ4v) is 2.05. The third-order valence-corrected chi connectivity index (χ3v) is 2.75. The number of nitrogens with one attached hydrogen (secondary N) is 2. The fraction of sp³-hybridized carbons (Fsp3) is 0.615. The second kappa shape index (κ2) is 7.35. The number of halogens is 2. The van der Waals surface area contributed by atoms with Crippen molar-refractivity contribution in [2.24, 2.45) is 11.8 Å². The molecule has 114 valence electrons. The molecule has 0 saturated heterocycles. The highest BCUT2D eigenvalue weighted by Crippen LogP contribution is 2.20. The topological polar surface area (TPSA) is 66.2 Å². The quantitative estimate of drug-likeness (QED) is 0.529. The molecule has 1 rings (SSSR count). The van der Waals surface area contributed by atoms with E-state index in [1.165, 1.54) is 0 Å². The molecule has 0 fully saturated rings. The van der Waals surface area contributed by atoms with Crippen LogP contribution < -0.4 is 16.6 Å². The minimum Gasteiger partial charge on any atom is -0.364 e. The number of likely N-dealkylation sites (N-methyl/N-ethyl adjacent to an activating group) is 1. The summed E-state index contributed by atoms with van der Waals surface area (Å²) in [6.07, 6.45) is 0.849. The van der Waals surface area contributed by atoms with Crippen LogP contribution in [-0.2, 0) is 0 Å². The van der Waals surface area contributed by atoms with Crippen molar-refractivity contribution in [1.82, 2.24) is 9.88 Å². The molecule has 0 bridgehead atoms. The molecule has 1 heterocycles. The third-order valence-electron chi connectivity index (χ3n) is 2.75. The Morgan fingerprint density at radius 2 is 1.85 bits per heavy atom. The number of hydrazine groups is 1. The van der Waals surface area contributed by atoms with Gasteiger partial charge in [-0.1, -0.05) is 13.8 Å². The summed E-state index contributed by atoms with van der Waals surface area (Å²) in [6.45, 7) is 4.90. The Hall–Kier alpha value is -1.47. The molecule has 4 N–H and O–H groups in total. The van der Waals surface area contributed by atoms with Gasteiger partial charge in [-0.2, -0.15) is 0 Å². The van der Waals surface area contributed by atoms with E-state index in [-0.39, 0.29) is 17.7 Å². The Morgan fingerprint density at radius 3 is 2.35 bits per heavy atom. The molecule has 0 amide bonds. The van der Waals surface area contributed by atoms with Crippen LogP contribution >= 0.6 is 0 Å². The summed E-state index contributed by atoms with van der Waals surface area (Å²) in [5, 5.41) is 3.02. The van der Waals surface area contributed by atoms with Gasteiger partial charge in [0.05, 0.1) is 0 Å². The van der Waals surface area contributed by atoms with E-state index in [1.807, 2.05) is 19.0 Å². The van der Waals surface area contributed by atoms with Crippen molar-refractivity contribution in [3.05, 3.63) is 17.7 Å². The largest absolute Gasteiger partial charge is 0.364 e. The van der Waals surface area contributed by atoms with Gasteiger partial charge in [-0.05, 0) is 26.4 Å². The van der Waals surface area contributed by atoms with Crippen LogP contribution in [0.3, 0.4) is 0 Å². The van der Waals surface area contributed by atoms with Crippen molar-refractivity contribution in [1.29, 1.82) is 0 Å². The first-order valence-corrected chi connectivity index (χ1v) is 6.57. The molecule has 0 aliphatic rings. The smallest absolute Gasteiger partial charge is 0.178 e. The van der Waals surface area contributed by atoms with Gasteiger partial charge in [0.25, 0.3) is 0 Å². The zero-order chi connectivity index (χ0) is 15.3. The molecule has 1 unspecified atom stereocenters. The van der Waals surface area contributed by atoms with Gasteiger partial charge >= 0.3 is 0 Å². The van der Waals surface area contributed by atoms with Crippen molar-refractivity contribution < 1.29 is 8.78 Å². The van der Waals surface area contributed by atoms with E-state index in [4.69, 9.17) is 5.84 Å². The Balaban J connectivity index is 2.91. The van der Waals surface area contributed by atoms with Crippen LogP contribution in [0.1, 0.15) is 20.3 Å². The number of nitrogen functional groups attached to an aromatic ring is 1. The molecular formula is C13H23F2N5. The van der Waals surface area contributed by atoms with Gasteiger partial charge in [-0.3, -0.25) is 0 Å². The van der Waals surface area contributed by atoms with Crippen molar-refractivity contribution in [3.8, 4) is 0 Å². The molecule has 0 radical (unpaired) electrons. The molecule has 1 aromatic heterocycles. The first kappa shape index (κ1) is 16.6. The maximum atomic E-state index is 13.8. The van der Waals surface area contributed by atoms with Crippen LogP contribution in [-0.4, -0.2) is 36.6 Å². The molecular weight excluding hydrogens is 264 g/mol. The highest BCUT2D eigenvalue weighted by molar-refractivity contribution is 5.47. The maximum absolute atomic E-state index is 13.8. The van der Waals surface area contributed by atoms with Gasteiger partial charge < -0.3 is 15.6 Å². The normalized spacial score (nSPS) is 12.8. The molecule has 7 heteroatoms. The summed E-state index contributed by atoms with van der Waals surface area (Å²) in [6, 6.07) is 0.787. The lowest BCUT2D eigenvalue weighted by Crippen LogP contribution is -2.34. The van der Waals surface area contributed by atoms with E-state index >= 15 is 0 Å². The number of anilines is 2. The minimum atomic E-state index is -0.816. The standard InChI is InChI=1S/C13H23F2N5/c1-8(2)5-9(7-20(3)4)17-12-10(14)6-11(15)13(18-12)19-16/h6,8-9H,5,7,16H2,1-4H3,(H2,17,18,19). The first-order chi connectivity index (χ1) is 9.33. The second-order valence-electron chi connectivity index (χ2n) is 5.53. The first-order valence-electron chi connectivity index (χ1n) is 6.57. The number of rotatable bonds is 7. The van der Waals surface area contributed by atoms with Crippen molar-refractivity contribution in [2.75, 3.05) is 31.4 Å². The fourth-order valence-electron chi connectivity index (χ4n) is 2.05.